The summed E-state index contributed by atoms with van der Waals surface area (Å²) in [7, 11) is 0. The van der Waals surface area contributed by atoms with Gasteiger partial charge in [0.2, 0.25) is 0 Å². The van der Waals surface area contributed by atoms with Gasteiger partial charge < -0.3 is 4.74 Å². The standard InChI is InChI=1S/C20H13BrN2O4/c1-2-10-27-16-8-6-13(7-9-16)11-17-18(24)22-20(26)23(19(17)25)15-5-3-4-14(21)12-15/h1,3-9,11-12H,10H2,(H,22,24,26). The van der Waals surface area contributed by atoms with Gasteiger partial charge >= 0.3 is 6.03 Å². The predicted molar refractivity (Wildman–Crippen MR) is 104 cm³/mol. The zero-order chi connectivity index (χ0) is 19.4. The van der Waals surface area contributed by atoms with Crippen molar-refractivity contribution < 1.29 is 19.1 Å². The maximum absolute atomic E-state index is 12.8. The lowest BCUT2D eigenvalue weighted by Gasteiger charge is -2.26. The van der Waals surface area contributed by atoms with E-state index in [1.54, 1.807) is 48.5 Å². The average molecular weight is 425 g/mol. The molecular weight excluding hydrogens is 412 g/mol. The normalized spacial score (nSPS) is 15.5. The van der Waals surface area contributed by atoms with Crippen LogP contribution in [0.5, 0.6) is 5.75 Å². The molecule has 1 N–H and O–H groups in total. The smallest absolute Gasteiger partial charge is 0.335 e. The number of nitrogens with one attached hydrogen (secondary N) is 1. The van der Waals surface area contributed by atoms with Gasteiger partial charge in [0.15, 0.2) is 0 Å². The van der Waals surface area contributed by atoms with Gasteiger partial charge in [-0.15, -0.1) is 6.42 Å². The van der Waals surface area contributed by atoms with Gasteiger partial charge in [0.1, 0.15) is 17.9 Å². The number of amides is 4. The first-order valence-electron chi connectivity index (χ1n) is 7.83. The highest BCUT2D eigenvalue weighted by atomic mass is 79.9. The second kappa shape index (κ2) is 7.89. The third kappa shape index (κ3) is 4.07. The fourth-order valence-electron chi connectivity index (χ4n) is 2.46. The molecule has 2 aromatic rings. The van der Waals surface area contributed by atoms with Gasteiger partial charge in [-0.25, -0.2) is 9.69 Å². The molecule has 7 heteroatoms. The molecule has 4 amide bonds. The number of anilines is 1. The molecule has 1 heterocycles. The molecule has 0 saturated carbocycles. The number of hydrogen-bond acceptors (Lipinski definition) is 4. The van der Waals surface area contributed by atoms with Crippen molar-refractivity contribution in [1.29, 1.82) is 0 Å². The number of hydrogen-bond donors (Lipinski definition) is 1. The summed E-state index contributed by atoms with van der Waals surface area (Å²) in [5.41, 5.74) is 0.806. The largest absolute Gasteiger partial charge is 0.481 e. The summed E-state index contributed by atoms with van der Waals surface area (Å²) >= 11 is 3.30. The summed E-state index contributed by atoms with van der Waals surface area (Å²) < 4.78 is 5.98. The fourth-order valence-corrected chi connectivity index (χ4v) is 2.85. The van der Waals surface area contributed by atoms with Crippen molar-refractivity contribution in [1.82, 2.24) is 5.32 Å². The first-order valence-corrected chi connectivity index (χ1v) is 8.62. The van der Waals surface area contributed by atoms with Crippen LogP contribution in [0.2, 0.25) is 0 Å². The second-order valence-electron chi connectivity index (χ2n) is 5.50. The summed E-state index contributed by atoms with van der Waals surface area (Å²) in [6, 6.07) is 12.6. The van der Waals surface area contributed by atoms with E-state index in [4.69, 9.17) is 11.2 Å². The van der Waals surface area contributed by atoms with Crippen LogP contribution in [0.3, 0.4) is 0 Å². The lowest BCUT2D eigenvalue weighted by molar-refractivity contribution is -0.122. The number of nitrogens with zero attached hydrogens (tertiary/aromatic N) is 1. The minimum absolute atomic E-state index is 0.144. The van der Waals surface area contributed by atoms with Crippen LogP contribution in [0.4, 0.5) is 10.5 Å². The van der Waals surface area contributed by atoms with E-state index in [1.807, 2.05) is 0 Å². The van der Waals surface area contributed by atoms with Gasteiger partial charge in [-0.3, -0.25) is 14.9 Å². The molecule has 6 nitrogen and oxygen atoms in total. The van der Waals surface area contributed by atoms with Gasteiger partial charge in [0.25, 0.3) is 11.8 Å². The third-order valence-corrected chi connectivity index (χ3v) is 4.17. The number of rotatable bonds is 4. The Morgan fingerprint density at radius 2 is 1.89 bits per heavy atom. The molecule has 0 spiro atoms. The van der Waals surface area contributed by atoms with Crippen molar-refractivity contribution in [2.24, 2.45) is 0 Å². The Balaban J connectivity index is 1.91. The monoisotopic (exact) mass is 424 g/mol. The number of barbiturate groups is 1. The van der Waals surface area contributed by atoms with Crippen LogP contribution < -0.4 is 15.0 Å². The lowest BCUT2D eigenvalue weighted by Crippen LogP contribution is -2.54. The Morgan fingerprint density at radius 3 is 2.56 bits per heavy atom. The minimum atomic E-state index is -0.793. The zero-order valence-corrected chi connectivity index (χ0v) is 15.5. The Bertz CT molecular complexity index is 990. The van der Waals surface area contributed by atoms with Crippen molar-refractivity contribution in [3.05, 3.63) is 64.1 Å². The van der Waals surface area contributed by atoms with Crippen molar-refractivity contribution in [2.75, 3.05) is 11.5 Å². The number of carbonyl (C=O) groups excluding carboxylic acids is 3. The van der Waals surface area contributed by atoms with E-state index in [-0.39, 0.29) is 12.2 Å². The zero-order valence-electron chi connectivity index (χ0n) is 13.9. The summed E-state index contributed by atoms with van der Waals surface area (Å²) in [6.45, 7) is 0.144. The number of halogens is 1. The van der Waals surface area contributed by atoms with E-state index in [9.17, 15) is 14.4 Å². The van der Waals surface area contributed by atoms with E-state index in [0.717, 1.165) is 4.90 Å². The third-order valence-electron chi connectivity index (χ3n) is 3.68. The molecule has 0 radical (unpaired) electrons. The Hall–Kier alpha value is -3.37. The fraction of sp³-hybridized carbons (Fsp3) is 0.0500. The number of carbonyl (C=O) groups is 3. The predicted octanol–water partition coefficient (Wildman–Crippen LogP) is 3.13. The second-order valence-corrected chi connectivity index (χ2v) is 6.42. The van der Waals surface area contributed by atoms with Crippen LogP contribution in [-0.2, 0) is 9.59 Å². The van der Waals surface area contributed by atoms with E-state index < -0.39 is 17.8 Å². The number of imide groups is 2. The van der Waals surface area contributed by atoms with Crippen molar-refractivity contribution >= 4 is 45.5 Å². The van der Waals surface area contributed by atoms with Crippen molar-refractivity contribution in [3.63, 3.8) is 0 Å². The van der Waals surface area contributed by atoms with Crippen LogP contribution in [0.1, 0.15) is 5.56 Å². The number of urea groups is 1. The first kappa shape index (κ1) is 18.4. The Kier molecular flexibility index (Phi) is 5.38. The number of terminal acetylenes is 1. The molecule has 3 rings (SSSR count). The first-order chi connectivity index (χ1) is 13.0. The van der Waals surface area contributed by atoms with Crippen molar-refractivity contribution in [3.8, 4) is 18.1 Å². The maximum Gasteiger partial charge on any atom is 0.335 e. The molecule has 0 bridgehead atoms. The molecule has 0 atom stereocenters. The molecule has 134 valence electrons. The van der Waals surface area contributed by atoms with Gasteiger partial charge in [0.05, 0.1) is 5.69 Å². The minimum Gasteiger partial charge on any atom is -0.481 e. The van der Waals surface area contributed by atoms with Gasteiger partial charge in [-0.2, -0.15) is 0 Å². The van der Waals surface area contributed by atoms with Crippen LogP contribution in [-0.4, -0.2) is 24.5 Å². The number of ether oxygens (including phenoxy) is 1. The average Bonchev–Trinajstić information content (AvgIpc) is 2.64. The molecule has 1 aliphatic heterocycles. The highest BCUT2D eigenvalue weighted by Gasteiger charge is 2.36. The van der Waals surface area contributed by atoms with E-state index in [0.29, 0.717) is 21.5 Å². The SMILES string of the molecule is C#CCOc1ccc(C=C2C(=O)NC(=O)N(c3cccc(Br)c3)C2=O)cc1. The molecule has 2 aromatic carbocycles. The summed E-state index contributed by atoms with van der Waals surface area (Å²) in [4.78, 5) is 38.0. The molecule has 0 aliphatic carbocycles. The molecule has 0 aromatic heterocycles. The highest BCUT2D eigenvalue weighted by molar-refractivity contribution is 9.10. The molecule has 27 heavy (non-hydrogen) atoms. The number of benzene rings is 2. The molecule has 0 unspecified atom stereocenters. The Labute approximate surface area is 163 Å². The molecule has 1 saturated heterocycles. The van der Waals surface area contributed by atoms with E-state index >= 15 is 0 Å². The van der Waals surface area contributed by atoms with E-state index in [2.05, 4.69) is 27.2 Å². The maximum atomic E-state index is 12.8. The van der Waals surface area contributed by atoms with Crippen LogP contribution in [0.15, 0.2) is 58.6 Å². The van der Waals surface area contributed by atoms with E-state index in [1.165, 1.54) is 6.08 Å². The summed E-state index contributed by atoms with van der Waals surface area (Å²) in [6.07, 6.45) is 6.56. The van der Waals surface area contributed by atoms with Gasteiger partial charge in [-0.1, -0.05) is 40.0 Å². The van der Waals surface area contributed by atoms with Crippen LogP contribution in [0, 0.1) is 12.3 Å². The molecule has 1 aliphatic rings. The summed E-state index contributed by atoms with van der Waals surface area (Å²) in [5.74, 6) is 1.49. The Morgan fingerprint density at radius 1 is 1.15 bits per heavy atom. The van der Waals surface area contributed by atoms with Gasteiger partial charge in [-0.05, 0) is 42.0 Å². The van der Waals surface area contributed by atoms with Crippen LogP contribution >= 0.6 is 15.9 Å². The molecular formula is C20H13BrN2O4. The summed E-state index contributed by atoms with van der Waals surface area (Å²) in [5, 5.41) is 2.18. The topological polar surface area (TPSA) is 75.7 Å². The lowest BCUT2D eigenvalue weighted by atomic mass is 10.1. The highest BCUT2D eigenvalue weighted by Crippen LogP contribution is 2.25. The quantitative estimate of drug-likeness (QED) is 0.464. The van der Waals surface area contributed by atoms with Gasteiger partial charge in [0, 0.05) is 4.47 Å². The van der Waals surface area contributed by atoms with Crippen molar-refractivity contribution in [2.45, 2.75) is 0 Å². The molecule has 1 fully saturated rings. The van der Waals surface area contributed by atoms with Crippen LogP contribution in [0.25, 0.3) is 6.08 Å².